The minimum absolute atomic E-state index is 0.109. The lowest BCUT2D eigenvalue weighted by molar-refractivity contribution is 0.367. The Morgan fingerprint density at radius 2 is 1.76 bits per heavy atom. The number of anilines is 1. The molecule has 0 spiro atoms. The van der Waals surface area contributed by atoms with Gasteiger partial charge in [-0.25, -0.2) is 13.6 Å². The van der Waals surface area contributed by atoms with E-state index < -0.39 is 10.0 Å². The Balaban J connectivity index is 1.57. The van der Waals surface area contributed by atoms with Gasteiger partial charge in [0, 0.05) is 39.8 Å². The number of nitrogens with one attached hydrogen (secondary N) is 1. The Kier molecular flexibility index (Phi) is 6.60. The number of hydrogen-bond acceptors (Lipinski definition) is 5. The van der Waals surface area contributed by atoms with Gasteiger partial charge in [0.2, 0.25) is 10.0 Å². The number of piperazine rings is 1. The highest BCUT2D eigenvalue weighted by Gasteiger charge is 2.21. The zero-order valence-electron chi connectivity index (χ0n) is 16.7. The Hall–Kier alpha value is -2.78. The fourth-order valence-corrected chi connectivity index (χ4v) is 3.88. The third kappa shape index (κ3) is 5.18. The van der Waals surface area contributed by atoms with Crippen LogP contribution in [0.3, 0.4) is 0 Å². The quantitative estimate of drug-likeness (QED) is 0.561. The van der Waals surface area contributed by atoms with E-state index in [0.29, 0.717) is 6.54 Å². The van der Waals surface area contributed by atoms with Gasteiger partial charge in [0.15, 0.2) is 5.96 Å². The lowest BCUT2D eigenvalue weighted by atomic mass is 10.2. The first-order valence-electron chi connectivity index (χ1n) is 9.37. The van der Waals surface area contributed by atoms with Crippen LogP contribution in [-0.2, 0) is 16.6 Å². The minimum Gasteiger partial charge on any atom is -0.495 e. The molecule has 3 rings (SSSR count). The van der Waals surface area contributed by atoms with Crippen LogP contribution in [0.2, 0.25) is 0 Å². The molecule has 0 aromatic heterocycles. The Morgan fingerprint density at radius 1 is 1.10 bits per heavy atom. The number of benzene rings is 2. The van der Waals surface area contributed by atoms with Crippen molar-refractivity contribution in [1.29, 1.82) is 0 Å². The van der Waals surface area contributed by atoms with Gasteiger partial charge in [0.05, 0.1) is 17.7 Å². The van der Waals surface area contributed by atoms with Gasteiger partial charge in [-0.1, -0.05) is 24.3 Å². The molecule has 0 bridgehead atoms. The van der Waals surface area contributed by atoms with E-state index in [1.54, 1.807) is 26.3 Å². The van der Waals surface area contributed by atoms with Gasteiger partial charge in [-0.3, -0.25) is 4.99 Å². The number of aliphatic imine (C=N–C) groups is 1. The molecular formula is C20H27N5O3S. The summed E-state index contributed by atoms with van der Waals surface area (Å²) in [5.74, 6) is 1.70. The second kappa shape index (κ2) is 9.15. The molecule has 1 heterocycles. The smallest absolute Gasteiger partial charge is 0.238 e. The van der Waals surface area contributed by atoms with Crippen LogP contribution < -0.4 is 20.1 Å². The number of nitrogens with zero attached hydrogens (tertiary/aromatic N) is 3. The number of hydrogen-bond donors (Lipinski definition) is 2. The van der Waals surface area contributed by atoms with Crippen LogP contribution in [0.5, 0.6) is 5.75 Å². The highest BCUT2D eigenvalue weighted by molar-refractivity contribution is 7.89. The molecule has 9 heteroatoms. The molecule has 0 radical (unpaired) electrons. The summed E-state index contributed by atoms with van der Waals surface area (Å²) in [5, 5.41) is 8.48. The number of ether oxygens (including phenoxy) is 1. The first-order chi connectivity index (χ1) is 13.9. The van der Waals surface area contributed by atoms with Crippen molar-refractivity contribution in [3.8, 4) is 5.75 Å². The van der Waals surface area contributed by atoms with Crippen molar-refractivity contribution in [2.24, 2.45) is 10.1 Å². The highest BCUT2D eigenvalue weighted by atomic mass is 32.2. The molecule has 156 valence electrons. The summed E-state index contributed by atoms with van der Waals surface area (Å²) in [5.41, 5.74) is 2.05. The largest absolute Gasteiger partial charge is 0.495 e. The summed E-state index contributed by atoms with van der Waals surface area (Å²) >= 11 is 0. The molecule has 1 saturated heterocycles. The van der Waals surface area contributed by atoms with Gasteiger partial charge in [0.25, 0.3) is 0 Å². The van der Waals surface area contributed by atoms with Crippen molar-refractivity contribution in [3.05, 3.63) is 54.1 Å². The van der Waals surface area contributed by atoms with E-state index in [2.05, 4.69) is 26.2 Å². The van der Waals surface area contributed by atoms with E-state index in [-0.39, 0.29) is 4.90 Å². The number of para-hydroxylation sites is 2. The molecule has 3 N–H and O–H groups in total. The monoisotopic (exact) mass is 417 g/mol. The molecule has 0 unspecified atom stereocenters. The number of primary sulfonamides is 1. The van der Waals surface area contributed by atoms with Gasteiger partial charge < -0.3 is 19.9 Å². The number of sulfonamides is 1. The summed E-state index contributed by atoms with van der Waals surface area (Å²) in [6, 6.07) is 14.6. The second-order valence-electron chi connectivity index (χ2n) is 6.74. The first-order valence-corrected chi connectivity index (χ1v) is 10.9. The van der Waals surface area contributed by atoms with Crippen molar-refractivity contribution in [3.63, 3.8) is 0 Å². The predicted molar refractivity (Wildman–Crippen MR) is 115 cm³/mol. The SMILES string of the molecule is CN=C(NCc1ccc(S(N)(=O)=O)cc1)N1CCN(c2ccccc2OC)CC1. The van der Waals surface area contributed by atoms with E-state index in [0.717, 1.165) is 49.1 Å². The molecular weight excluding hydrogens is 390 g/mol. The van der Waals surface area contributed by atoms with E-state index in [1.807, 2.05) is 18.2 Å². The Bertz CT molecular complexity index is 952. The molecule has 0 amide bonds. The highest BCUT2D eigenvalue weighted by Crippen LogP contribution is 2.28. The van der Waals surface area contributed by atoms with E-state index in [9.17, 15) is 8.42 Å². The van der Waals surface area contributed by atoms with Crippen LogP contribution in [0, 0.1) is 0 Å². The molecule has 2 aromatic carbocycles. The van der Waals surface area contributed by atoms with Crippen LogP contribution in [-0.4, -0.2) is 59.6 Å². The number of guanidine groups is 1. The Morgan fingerprint density at radius 3 is 2.34 bits per heavy atom. The molecule has 8 nitrogen and oxygen atoms in total. The van der Waals surface area contributed by atoms with Crippen molar-refractivity contribution >= 4 is 21.7 Å². The number of rotatable bonds is 5. The zero-order chi connectivity index (χ0) is 20.9. The molecule has 29 heavy (non-hydrogen) atoms. The van der Waals surface area contributed by atoms with Crippen molar-refractivity contribution < 1.29 is 13.2 Å². The molecule has 0 aliphatic carbocycles. The van der Waals surface area contributed by atoms with Crippen LogP contribution >= 0.6 is 0 Å². The molecule has 1 fully saturated rings. The molecule has 0 atom stereocenters. The number of methoxy groups -OCH3 is 1. The second-order valence-corrected chi connectivity index (χ2v) is 8.30. The van der Waals surface area contributed by atoms with E-state index >= 15 is 0 Å². The average Bonchev–Trinajstić information content (AvgIpc) is 2.74. The van der Waals surface area contributed by atoms with Crippen molar-refractivity contribution in [1.82, 2.24) is 10.2 Å². The summed E-state index contributed by atoms with van der Waals surface area (Å²) < 4.78 is 28.2. The lowest BCUT2D eigenvalue weighted by Gasteiger charge is -2.38. The summed E-state index contributed by atoms with van der Waals surface area (Å²) in [6.45, 7) is 3.95. The van der Waals surface area contributed by atoms with Crippen molar-refractivity contribution in [2.45, 2.75) is 11.4 Å². The van der Waals surface area contributed by atoms with Crippen LogP contribution in [0.25, 0.3) is 0 Å². The van der Waals surface area contributed by atoms with Gasteiger partial charge >= 0.3 is 0 Å². The minimum atomic E-state index is -3.67. The predicted octanol–water partition coefficient (Wildman–Crippen LogP) is 1.24. The summed E-state index contributed by atoms with van der Waals surface area (Å²) in [7, 11) is -0.218. The fraction of sp³-hybridized carbons (Fsp3) is 0.350. The van der Waals surface area contributed by atoms with Gasteiger partial charge in [-0.15, -0.1) is 0 Å². The summed E-state index contributed by atoms with van der Waals surface area (Å²) in [6.07, 6.45) is 0. The summed E-state index contributed by atoms with van der Waals surface area (Å²) in [4.78, 5) is 9.02. The molecule has 1 aliphatic heterocycles. The van der Waals surface area contributed by atoms with E-state index in [1.165, 1.54) is 12.1 Å². The first kappa shape index (κ1) is 20.9. The average molecular weight is 418 g/mol. The lowest BCUT2D eigenvalue weighted by Crippen LogP contribution is -2.52. The standard InChI is InChI=1S/C20H27N5O3S/c1-22-20(23-15-16-7-9-17(10-8-16)29(21,26)27)25-13-11-24(12-14-25)18-5-3-4-6-19(18)28-2/h3-10H,11-15H2,1-2H3,(H,22,23)(H2,21,26,27). The third-order valence-electron chi connectivity index (χ3n) is 4.92. The Labute approximate surface area is 172 Å². The van der Waals surface area contributed by atoms with Gasteiger partial charge in [-0.2, -0.15) is 0 Å². The van der Waals surface area contributed by atoms with Gasteiger partial charge in [0.1, 0.15) is 5.75 Å². The molecule has 0 saturated carbocycles. The van der Waals surface area contributed by atoms with Crippen LogP contribution in [0.15, 0.2) is 58.4 Å². The van der Waals surface area contributed by atoms with Crippen LogP contribution in [0.1, 0.15) is 5.56 Å². The van der Waals surface area contributed by atoms with Crippen molar-refractivity contribution in [2.75, 3.05) is 45.2 Å². The topological polar surface area (TPSA) is 100 Å². The third-order valence-corrected chi connectivity index (χ3v) is 5.85. The maximum absolute atomic E-state index is 11.4. The normalized spacial score (nSPS) is 15.3. The van der Waals surface area contributed by atoms with Gasteiger partial charge in [-0.05, 0) is 29.8 Å². The van der Waals surface area contributed by atoms with Crippen LogP contribution in [0.4, 0.5) is 5.69 Å². The van der Waals surface area contributed by atoms with E-state index in [4.69, 9.17) is 9.88 Å². The molecule has 2 aromatic rings. The maximum atomic E-state index is 11.4. The maximum Gasteiger partial charge on any atom is 0.238 e. The fourth-order valence-electron chi connectivity index (χ4n) is 3.36. The number of nitrogens with two attached hydrogens (primary N) is 1. The zero-order valence-corrected chi connectivity index (χ0v) is 17.5. The molecule has 1 aliphatic rings.